The number of benzene rings is 1. The molecular formula is C12H18ClFN2. The van der Waals surface area contributed by atoms with E-state index in [1.807, 2.05) is 6.07 Å². The van der Waals surface area contributed by atoms with Crippen molar-refractivity contribution in [3.05, 3.63) is 34.6 Å². The van der Waals surface area contributed by atoms with Crippen LogP contribution in [0.25, 0.3) is 0 Å². The lowest BCUT2D eigenvalue weighted by molar-refractivity contribution is 0.344. The molecule has 0 amide bonds. The van der Waals surface area contributed by atoms with Crippen LogP contribution >= 0.6 is 11.6 Å². The first-order valence-electron chi connectivity index (χ1n) is 5.55. The molecule has 0 fully saturated rings. The number of halogens is 2. The van der Waals surface area contributed by atoms with Crippen LogP contribution in [-0.2, 0) is 0 Å². The van der Waals surface area contributed by atoms with Gasteiger partial charge in [-0.25, -0.2) is 4.39 Å². The fraction of sp³-hybridized carbons (Fsp3) is 0.500. The van der Waals surface area contributed by atoms with Crippen LogP contribution in [-0.4, -0.2) is 0 Å². The third-order valence-corrected chi connectivity index (χ3v) is 3.31. The van der Waals surface area contributed by atoms with Crippen molar-refractivity contribution in [2.45, 2.75) is 32.7 Å². The highest BCUT2D eigenvalue weighted by Crippen LogP contribution is 2.28. The van der Waals surface area contributed by atoms with Crippen molar-refractivity contribution in [2.24, 2.45) is 11.8 Å². The minimum Gasteiger partial charge on any atom is -0.271 e. The second-order valence-electron chi connectivity index (χ2n) is 3.89. The quantitative estimate of drug-likeness (QED) is 0.615. The largest absolute Gasteiger partial charge is 0.271 e. The number of hydrogen-bond donors (Lipinski definition) is 2. The number of rotatable bonds is 5. The Hall–Kier alpha value is -0.640. The van der Waals surface area contributed by atoms with Gasteiger partial charge in [0.15, 0.2) is 0 Å². The van der Waals surface area contributed by atoms with Crippen LogP contribution in [0.4, 0.5) is 4.39 Å². The van der Waals surface area contributed by atoms with E-state index in [2.05, 4.69) is 19.3 Å². The molecule has 2 nitrogen and oxygen atoms in total. The summed E-state index contributed by atoms with van der Waals surface area (Å²) in [4.78, 5) is 0. The summed E-state index contributed by atoms with van der Waals surface area (Å²) in [5.74, 6) is 5.54. The van der Waals surface area contributed by atoms with Gasteiger partial charge in [-0.2, -0.15) is 0 Å². The summed E-state index contributed by atoms with van der Waals surface area (Å²) in [6, 6.07) is 4.81. The molecule has 16 heavy (non-hydrogen) atoms. The Morgan fingerprint density at radius 3 is 2.44 bits per heavy atom. The molecule has 0 spiro atoms. The average molecular weight is 245 g/mol. The molecule has 0 radical (unpaired) electrons. The molecule has 0 aliphatic heterocycles. The summed E-state index contributed by atoms with van der Waals surface area (Å²) < 4.78 is 13.3. The molecule has 0 bridgehead atoms. The Morgan fingerprint density at radius 1 is 1.38 bits per heavy atom. The number of hydrazine groups is 1. The Balaban J connectivity index is 2.98. The van der Waals surface area contributed by atoms with Gasteiger partial charge in [-0.1, -0.05) is 44.4 Å². The molecule has 1 aromatic carbocycles. The van der Waals surface area contributed by atoms with E-state index in [1.54, 1.807) is 6.07 Å². The van der Waals surface area contributed by atoms with Crippen molar-refractivity contribution in [1.29, 1.82) is 0 Å². The maximum atomic E-state index is 13.3. The summed E-state index contributed by atoms with van der Waals surface area (Å²) in [6.45, 7) is 4.20. The van der Waals surface area contributed by atoms with Gasteiger partial charge in [0.2, 0.25) is 0 Å². The van der Waals surface area contributed by atoms with E-state index in [-0.39, 0.29) is 11.1 Å². The van der Waals surface area contributed by atoms with Crippen molar-refractivity contribution < 1.29 is 4.39 Å². The molecular weight excluding hydrogens is 227 g/mol. The zero-order valence-corrected chi connectivity index (χ0v) is 10.4. The fourth-order valence-electron chi connectivity index (χ4n) is 1.97. The van der Waals surface area contributed by atoms with Crippen molar-refractivity contribution in [3.8, 4) is 0 Å². The summed E-state index contributed by atoms with van der Waals surface area (Å²) in [7, 11) is 0. The maximum Gasteiger partial charge on any atom is 0.142 e. The highest BCUT2D eigenvalue weighted by molar-refractivity contribution is 6.30. The Labute approximate surface area is 101 Å². The van der Waals surface area contributed by atoms with Crippen LogP contribution in [0.1, 0.15) is 38.3 Å². The van der Waals surface area contributed by atoms with Crippen LogP contribution in [0.15, 0.2) is 18.2 Å². The van der Waals surface area contributed by atoms with Crippen molar-refractivity contribution in [1.82, 2.24) is 5.43 Å². The predicted molar refractivity (Wildman–Crippen MR) is 65.5 cm³/mol. The second kappa shape index (κ2) is 6.18. The molecule has 1 rings (SSSR count). The molecule has 3 N–H and O–H groups in total. The molecule has 0 aliphatic carbocycles. The molecule has 1 unspecified atom stereocenters. The molecule has 1 aromatic rings. The standard InChI is InChI=1S/C12H18ClFN2/c1-3-8(4-2)12(16-15)9-5-6-10(13)11(14)7-9/h5-8,12,16H,3-4,15H2,1-2H3. The lowest BCUT2D eigenvalue weighted by Crippen LogP contribution is -2.33. The first-order valence-corrected chi connectivity index (χ1v) is 5.92. The molecule has 1 atom stereocenters. The van der Waals surface area contributed by atoms with E-state index in [9.17, 15) is 4.39 Å². The molecule has 90 valence electrons. The van der Waals surface area contributed by atoms with Gasteiger partial charge in [-0.05, 0) is 23.6 Å². The number of hydrogen-bond acceptors (Lipinski definition) is 2. The number of nitrogens with two attached hydrogens (primary N) is 1. The van der Waals surface area contributed by atoms with Crippen molar-refractivity contribution >= 4 is 11.6 Å². The maximum absolute atomic E-state index is 13.3. The van der Waals surface area contributed by atoms with Gasteiger partial charge in [-0.15, -0.1) is 0 Å². The van der Waals surface area contributed by atoms with Crippen molar-refractivity contribution in [2.75, 3.05) is 0 Å². The molecule has 4 heteroatoms. The van der Waals surface area contributed by atoms with E-state index in [1.165, 1.54) is 6.07 Å². The third kappa shape index (κ3) is 2.94. The van der Waals surface area contributed by atoms with Crippen LogP contribution in [0.2, 0.25) is 5.02 Å². The topological polar surface area (TPSA) is 38.0 Å². The average Bonchev–Trinajstić information content (AvgIpc) is 2.29. The number of nitrogens with one attached hydrogen (secondary N) is 1. The summed E-state index contributed by atoms with van der Waals surface area (Å²) in [6.07, 6.45) is 1.99. The van der Waals surface area contributed by atoms with Crippen molar-refractivity contribution in [3.63, 3.8) is 0 Å². The molecule has 0 heterocycles. The molecule has 0 saturated heterocycles. The van der Waals surface area contributed by atoms with Gasteiger partial charge in [0.05, 0.1) is 5.02 Å². The summed E-state index contributed by atoms with van der Waals surface area (Å²) in [5.41, 5.74) is 3.60. The molecule has 0 saturated carbocycles. The molecule has 0 aromatic heterocycles. The first-order chi connectivity index (χ1) is 7.63. The van der Waals surface area contributed by atoms with Gasteiger partial charge in [-0.3, -0.25) is 11.3 Å². The first kappa shape index (κ1) is 13.4. The Kier molecular flexibility index (Phi) is 5.19. The zero-order valence-electron chi connectivity index (χ0n) is 9.63. The second-order valence-corrected chi connectivity index (χ2v) is 4.30. The van der Waals surface area contributed by atoms with E-state index in [4.69, 9.17) is 17.4 Å². The summed E-state index contributed by atoms with van der Waals surface area (Å²) >= 11 is 5.65. The minimum atomic E-state index is -0.398. The highest BCUT2D eigenvalue weighted by atomic mass is 35.5. The van der Waals surface area contributed by atoms with Crippen LogP contribution in [0.5, 0.6) is 0 Å². The van der Waals surface area contributed by atoms with Gasteiger partial charge >= 0.3 is 0 Å². The predicted octanol–water partition coefficient (Wildman–Crippen LogP) is 3.42. The van der Waals surface area contributed by atoms with E-state index >= 15 is 0 Å². The Morgan fingerprint density at radius 2 is 2.00 bits per heavy atom. The smallest absolute Gasteiger partial charge is 0.142 e. The summed E-state index contributed by atoms with van der Waals surface area (Å²) in [5, 5.41) is 0.143. The lowest BCUT2D eigenvalue weighted by atomic mass is 9.89. The van der Waals surface area contributed by atoms with Gasteiger partial charge in [0.1, 0.15) is 5.82 Å². The lowest BCUT2D eigenvalue weighted by Gasteiger charge is -2.25. The third-order valence-electron chi connectivity index (χ3n) is 3.00. The van der Waals surface area contributed by atoms with E-state index in [0.717, 1.165) is 18.4 Å². The van der Waals surface area contributed by atoms with Gasteiger partial charge in [0.25, 0.3) is 0 Å². The minimum absolute atomic E-state index is 0.0261. The van der Waals surface area contributed by atoms with E-state index < -0.39 is 5.82 Å². The monoisotopic (exact) mass is 244 g/mol. The van der Waals surface area contributed by atoms with Gasteiger partial charge in [0, 0.05) is 6.04 Å². The van der Waals surface area contributed by atoms with Crippen LogP contribution < -0.4 is 11.3 Å². The zero-order chi connectivity index (χ0) is 12.1. The van der Waals surface area contributed by atoms with Crippen LogP contribution in [0.3, 0.4) is 0 Å². The SMILES string of the molecule is CCC(CC)C(NN)c1ccc(Cl)c(F)c1. The Bertz CT molecular complexity index is 340. The normalized spacial score (nSPS) is 13.1. The van der Waals surface area contributed by atoms with Gasteiger partial charge < -0.3 is 0 Å². The van der Waals surface area contributed by atoms with E-state index in [0.29, 0.717) is 5.92 Å². The fourth-order valence-corrected chi connectivity index (χ4v) is 2.09. The molecule has 0 aliphatic rings. The highest BCUT2D eigenvalue weighted by Gasteiger charge is 2.19. The van der Waals surface area contributed by atoms with Crippen LogP contribution in [0, 0.1) is 11.7 Å².